The molecule has 0 aliphatic heterocycles. The molecule has 8 nitrogen and oxygen atoms in total. The van der Waals surface area contributed by atoms with Gasteiger partial charge in [0.1, 0.15) is 5.69 Å². The maximum absolute atomic E-state index is 10.6. The van der Waals surface area contributed by atoms with Crippen LogP contribution in [0.25, 0.3) is 0 Å². The average Bonchev–Trinajstić information content (AvgIpc) is 2.50. The summed E-state index contributed by atoms with van der Waals surface area (Å²) in [6.07, 6.45) is -5.08. The summed E-state index contributed by atoms with van der Waals surface area (Å²) >= 11 is 0. The van der Waals surface area contributed by atoms with Gasteiger partial charge in [0.05, 0.1) is 5.69 Å². The van der Waals surface area contributed by atoms with Gasteiger partial charge in [-0.2, -0.15) is 18.3 Å². The molecule has 1 heterocycles. The number of pyridine rings is 1. The molecule has 2 rings (SSSR count). The molecule has 0 unspecified atom stereocenters. The van der Waals surface area contributed by atoms with E-state index in [0.717, 1.165) is 0 Å². The smallest absolute Gasteiger partial charge is 0.490 e. The number of aromatic nitrogens is 1. The topological polar surface area (TPSA) is 147 Å². The zero-order valence-corrected chi connectivity index (χ0v) is 11.9. The van der Waals surface area contributed by atoms with Crippen molar-refractivity contribution in [2.75, 3.05) is 11.5 Å². The summed E-state index contributed by atoms with van der Waals surface area (Å²) in [6, 6.07) is 10.5. The molecule has 24 heavy (non-hydrogen) atoms. The number of carboxylic acid groups (broad SMARTS) is 1. The summed E-state index contributed by atoms with van der Waals surface area (Å²) < 4.78 is 31.7. The van der Waals surface area contributed by atoms with E-state index in [1.165, 1.54) is 6.07 Å². The maximum Gasteiger partial charge on any atom is 0.490 e. The minimum absolute atomic E-state index is 0.0267. The van der Waals surface area contributed by atoms with E-state index in [4.69, 9.17) is 21.4 Å². The van der Waals surface area contributed by atoms with E-state index in [2.05, 4.69) is 15.2 Å². The number of nitrogen functional groups attached to an aromatic ring is 2. The Kier molecular flexibility index (Phi) is 6.04. The molecule has 0 fully saturated rings. The molecule has 1 aromatic heterocycles. The third kappa shape index (κ3) is 5.79. The molecule has 0 aliphatic carbocycles. The van der Waals surface area contributed by atoms with Gasteiger partial charge in [0.25, 0.3) is 0 Å². The van der Waals surface area contributed by atoms with Crippen molar-refractivity contribution in [3.05, 3.63) is 36.4 Å². The van der Waals surface area contributed by atoms with Crippen LogP contribution in [0.15, 0.2) is 46.6 Å². The van der Waals surface area contributed by atoms with Gasteiger partial charge in [0.15, 0.2) is 17.4 Å². The summed E-state index contributed by atoms with van der Waals surface area (Å²) in [5, 5.41) is 24.4. The van der Waals surface area contributed by atoms with Crippen molar-refractivity contribution in [2.24, 2.45) is 10.2 Å². The fourth-order valence-electron chi connectivity index (χ4n) is 1.21. The summed E-state index contributed by atoms with van der Waals surface area (Å²) in [7, 11) is 0. The van der Waals surface area contributed by atoms with Crippen molar-refractivity contribution in [3.8, 4) is 5.75 Å². The largest absolute Gasteiger partial charge is 0.504 e. The molecule has 0 radical (unpaired) electrons. The first-order valence-corrected chi connectivity index (χ1v) is 6.13. The first kappa shape index (κ1) is 18.7. The molecular formula is C13H12F3N5O3. The Bertz CT molecular complexity index is 736. The van der Waals surface area contributed by atoms with E-state index in [1.807, 2.05) is 18.2 Å². The molecule has 0 bridgehead atoms. The number of nitrogens with zero attached hydrogens (tertiary/aromatic N) is 3. The second kappa shape index (κ2) is 7.76. The second-order valence-corrected chi connectivity index (χ2v) is 4.14. The lowest BCUT2D eigenvalue weighted by Gasteiger charge is -2.01. The van der Waals surface area contributed by atoms with E-state index < -0.39 is 12.1 Å². The van der Waals surface area contributed by atoms with Crippen LogP contribution in [0.4, 0.5) is 36.2 Å². The molecule has 0 spiro atoms. The number of alkyl halides is 3. The van der Waals surface area contributed by atoms with Gasteiger partial charge < -0.3 is 21.7 Å². The van der Waals surface area contributed by atoms with Crippen molar-refractivity contribution in [2.45, 2.75) is 6.18 Å². The minimum atomic E-state index is -5.08. The first-order chi connectivity index (χ1) is 11.1. The third-order valence-corrected chi connectivity index (χ3v) is 2.31. The Morgan fingerprint density at radius 3 is 2.12 bits per heavy atom. The zero-order valence-electron chi connectivity index (χ0n) is 11.9. The van der Waals surface area contributed by atoms with Crippen LogP contribution in [-0.4, -0.2) is 27.3 Å². The zero-order chi connectivity index (χ0) is 18.3. The lowest BCUT2D eigenvalue weighted by atomic mass is 10.3. The van der Waals surface area contributed by atoms with Crippen LogP contribution in [0.2, 0.25) is 0 Å². The molecule has 0 aliphatic rings. The number of carboxylic acids is 1. The van der Waals surface area contributed by atoms with Gasteiger partial charge in [0.2, 0.25) is 0 Å². The van der Waals surface area contributed by atoms with Crippen LogP contribution in [0.5, 0.6) is 5.75 Å². The Hall–Kier alpha value is -3.37. The van der Waals surface area contributed by atoms with Crippen LogP contribution in [0.1, 0.15) is 0 Å². The Balaban J connectivity index is 0.000000351. The number of nitrogens with two attached hydrogens (primary N) is 2. The first-order valence-electron chi connectivity index (χ1n) is 6.13. The molecule has 128 valence electrons. The predicted octanol–water partition coefficient (Wildman–Crippen LogP) is 3.00. The third-order valence-electron chi connectivity index (χ3n) is 2.31. The summed E-state index contributed by atoms with van der Waals surface area (Å²) in [5.41, 5.74) is 11.9. The van der Waals surface area contributed by atoms with Gasteiger partial charge in [-0.3, -0.25) is 0 Å². The summed E-state index contributed by atoms with van der Waals surface area (Å²) in [5.74, 6) is -2.82. The number of hydrogen-bond acceptors (Lipinski definition) is 7. The van der Waals surface area contributed by atoms with Gasteiger partial charge >= 0.3 is 12.1 Å². The summed E-state index contributed by atoms with van der Waals surface area (Å²) in [6.45, 7) is 0. The highest BCUT2D eigenvalue weighted by molar-refractivity contribution is 5.73. The number of anilines is 2. The van der Waals surface area contributed by atoms with Gasteiger partial charge in [-0.25, -0.2) is 9.78 Å². The Morgan fingerprint density at radius 2 is 1.62 bits per heavy atom. The van der Waals surface area contributed by atoms with E-state index in [0.29, 0.717) is 5.69 Å². The number of aromatic hydroxyl groups is 1. The predicted molar refractivity (Wildman–Crippen MR) is 79.0 cm³/mol. The number of benzene rings is 1. The number of azo groups is 1. The maximum atomic E-state index is 10.6. The number of hydrogen-bond donors (Lipinski definition) is 4. The van der Waals surface area contributed by atoms with Gasteiger partial charge in [0, 0.05) is 6.07 Å². The van der Waals surface area contributed by atoms with Gasteiger partial charge in [-0.1, -0.05) is 18.2 Å². The molecule has 6 N–H and O–H groups in total. The molecule has 0 saturated heterocycles. The van der Waals surface area contributed by atoms with Crippen LogP contribution in [-0.2, 0) is 4.79 Å². The van der Waals surface area contributed by atoms with E-state index >= 15 is 0 Å². The Labute approximate surface area is 133 Å². The average molecular weight is 343 g/mol. The van der Waals surface area contributed by atoms with Crippen LogP contribution in [0, 0.1) is 0 Å². The quantitative estimate of drug-likeness (QED) is 0.616. The minimum Gasteiger partial charge on any atom is -0.504 e. The van der Waals surface area contributed by atoms with Crippen molar-refractivity contribution in [1.82, 2.24) is 4.98 Å². The second-order valence-electron chi connectivity index (χ2n) is 4.14. The molecular weight excluding hydrogens is 331 g/mol. The van der Waals surface area contributed by atoms with Crippen LogP contribution < -0.4 is 11.5 Å². The van der Waals surface area contributed by atoms with Gasteiger partial charge in [-0.15, -0.1) is 5.11 Å². The highest BCUT2D eigenvalue weighted by atomic mass is 19.4. The molecule has 11 heteroatoms. The lowest BCUT2D eigenvalue weighted by Crippen LogP contribution is -2.21. The van der Waals surface area contributed by atoms with Crippen LogP contribution >= 0.6 is 0 Å². The molecule has 2 aromatic rings. The number of aliphatic carboxylic acids is 1. The standard InChI is InChI=1S/C11H11N5O.C2HF3O2/c12-10-8(6-9(17)11(13)14-10)16-15-7-4-2-1-3-5-7;3-2(4,5)1(6)7/h1-6,17H,(H4,12,13,14);(H,6,7)/b16-15+;. The van der Waals surface area contributed by atoms with Gasteiger partial charge in [-0.05, 0) is 12.1 Å². The Morgan fingerprint density at radius 1 is 1.08 bits per heavy atom. The number of carbonyl (C=O) groups is 1. The molecule has 0 amide bonds. The fraction of sp³-hybridized carbons (Fsp3) is 0.0769. The monoisotopic (exact) mass is 343 g/mol. The molecule has 0 saturated carbocycles. The lowest BCUT2D eigenvalue weighted by molar-refractivity contribution is -0.192. The van der Waals surface area contributed by atoms with E-state index in [9.17, 15) is 18.3 Å². The van der Waals surface area contributed by atoms with E-state index in [1.54, 1.807) is 12.1 Å². The number of halogens is 3. The van der Waals surface area contributed by atoms with Crippen molar-refractivity contribution in [3.63, 3.8) is 0 Å². The molecule has 0 atom stereocenters. The number of rotatable bonds is 2. The van der Waals surface area contributed by atoms with Crippen molar-refractivity contribution >= 4 is 29.0 Å². The summed E-state index contributed by atoms with van der Waals surface area (Å²) in [4.78, 5) is 12.6. The van der Waals surface area contributed by atoms with E-state index in [-0.39, 0.29) is 23.1 Å². The fourth-order valence-corrected chi connectivity index (χ4v) is 1.21. The molecule has 1 aromatic carbocycles. The SMILES string of the molecule is Nc1nc(N)c(/N=N/c2ccccc2)cc1O.O=C(O)C(F)(F)F. The normalized spacial score (nSPS) is 11.0. The highest BCUT2D eigenvalue weighted by Gasteiger charge is 2.38. The van der Waals surface area contributed by atoms with Crippen molar-refractivity contribution in [1.29, 1.82) is 0 Å². The van der Waals surface area contributed by atoms with Crippen molar-refractivity contribution < 1.29 is 28.2 Å². The van der Waals surface area contributed by atoms with Crippen LogP contribution in [0.3, 0.4) is 0 Å². The highest BCUT2D eigenvalue weighted by Crippen LogP contribution is 2.30.